The maximum absolute atomic E-state index is 9.08. The summed E-state index contributed by atoms with van der Waals surface area (Å²) < 4.78 is 0. The SMILES string of the molecule is C=C(N)c1ccc(O)c(S)c1. The number of hydrogen-bond donors (Lipinski definition) is 3. The smallest absolute Gasteiger partial charge is 0.128 e. The second-order valence-electron chi connectivity index (χ2n) is 2.23. The van der Waals surface area contributed by atoms with Crippen molar-refractivity contribution in [2.45, 2.75) is 4.90 Å². The van der Waals surface area contributed by atoms with Crippen LogP contribution < -0.4 is 5.73 Å². The van der Waals surface area contributed by atoms with Crippen molar-refractivity contribution >= 4 is 18.3 Å². The molecule has 0 saturated carbocycles. The molecular weight excluding hydrogens is 158 g/mol. The second-order valence-corrected chi connectivity index (χ2v) is 2.71. The maximum Gasteiger partial charge on any atom is 0.128 e. The molecule has 0 radical (unpaired) electrons. The molecule has 1 aromatic rings. The van der Waals surface area contributed by atoms with Gasteiger partial charge in [0.05, 0.1) is 0 Å². The zero-order valence-electron chi connectivity index (χ0n) is 5.91. The fraction of sp³-hybridized carbons (Fsp3) is 0. The van der Waals surface area contributed by atoms with Crippen molar-refractivity contribution in [2.75, 3.05) is 0 Å². The van der Waals surface area contributed by atoms with Crippen LogP contribution in [0.5, 0.6) is 5.75 Å². The van der Waals surface area contributed by atoms with E-state index < -0.39 is 0 Å². The Kier molecular flexibility index (Phi) is 2.10. The van der Waals surface area contributed by atoms with Crippen LogP contribution in [0.2, 0.25) is 0 Å². The Morgan fingerprint density at radius 3 is 2.64 bits per heavy atom. The molecule has 0 atom stereocenters. The Morgan fingerprint density at radius 2 is 2.18 bits per heavy atom. The van der Waals surface area contributed by atoms with Crippen molar-refractivity contribution in [1.82, 2.24) is 0 Å². The minimum Gasteiger partial charge on any atom is -0.507 e. The Labute approximate surface area is 70.8 Å². The second kappa shape index (κ2) is 2.88. The fourth-order valence-electron chi connectivity index (χ4n) is 0.723. The molecule has 0 heterocycles. The van der Waals surface area contributed by atoms with Crippen molar-refractivity contribution < 1.29 is 5.11 Å². The number of thiol groups is 1. The number of nitrogens with two attached hydrogens (primary N) is 1. The quantitative estimate of drug-likeness (QED) is 0.556. The third kappa shape index (κ3) is 1.68. The topological polar surface area (TPSA) is 46.2 Å². The summed E-state index contributed by atoms with van der Waals surface area (Å²) >= 11 is 4.02. The third-order valence-corrected chi connectivity index (χ3v) is 1.70. The van der Waals surface area contributed by atoms with Gasteiger partial charge >= 0.3 is 0 Å². The minimum absolute atomic E-state index is 0.151. The van der Waals surface area contributed by atoms with E-state index in [9.17, 15) is 0 Å². The lowest BCUT2D eigenvalue weighted by atomic mass is 10.2. The molecule has 0 aromatic heterocycles. The van der Waals surface area contributed by atoms with Gasteiger partial charge in [0.1, 0.15) is 5.75 Å². The van der Waals surface area contributed by atoms with Gasteiger partial charge in [-0.1, -0.05) is 6.58 Å². The summed E-state index contributed by atoms with van der Waals surface area (Å²) in [5, 5.41) is 9.08. The van der Waals surface area contributed by atoms with Gasteiger partial charge < -0.3 is 10.8 Å². The Hall–Kier alpha value is -1.09. The standard InChI is InChI=1S/C8H9NOS/c1-5(9)6-2-3-7(10)8(11)4-6/h2-4,10-11H,1,9H2. The number of phenolic OH excluding ortho intramolecular Hbond substituents is 1. The van der Waals surface area contributed by atoms with E-state index in [0.717, 1.165) is 5.56 Å². The van der Waals surface area contributed by atoms with Crippen LogP contribution in [0.4, 0.5) is 0 Å². The van der Waals surface area contributed by atoms with Crippen molar-refractivity contribution in [1.29, 1.82) is 0 Å². The number of rotatable bonds is 1. The van der Waals surface area contributed by atoms with Crippen LogP contribution in [0.3, 0.4) is 0 Å². The molecule has 1 rings (SSSR count). The van der Waals surface area contributed by atoms with Gasteiger partial charge in [-0.05, 0) is 23.8 Å². The average molecular weight is 167 g/mol. The third-order valence-electron chi connectivity index (χ3n) is 1.35. The van der Waals surface area contributed by atoms with E-state index in [-0.39, 0.29) is 5.75 Å². The number of hydrogen-bond acceptors (Lipinski definition) is 3. The summed E-state index contributed by atoms with van der Waals surface area (Å²) in [4.78, 5) is 0.508. The Morgan fingerprint density at radius 1 is 1.55 bits per heavy atom. The molecule has 0 unspecified atom stereocenters. The summed E-state index contributed by atoms with van der Waals surface area (Å²) in [6.45, 7) is 3.56. The molecule has 0 aliphatic carbocycles. The summed E-state index contributed by atoms with van der Waals surface area (Å²) in [5.41, 5.74) is 6.68. The summed E-state index contributed by atoms with van der Waals surface area (Å²) in [6.07, 6.45) is 0. The fourth-order valence-corrected chi connectivity index (χ4v) is 0.937. The van der Waals surface area contributed by atoms with Crippen LogP contribution in [0.15, 0.2) is 29.7 Å². The van der Waals surface area contributed by atoms with Gasteiger partial charge in [-0.15, -0.1) is 12.6 Å². The highest BCUT2D eigenvalue weighted by Gasteiger charge is 1.98. The lowest BCUT2D eigenvalue weighted by molar-refractivity contribution is 0.462. The minimum atomic E-state index is 0.151. The van der Waals surface area contributed by atoms with E-state index in [1.54, 1.807) is 12.1 Å². The van der Waals surface area contributed by atoms with Gasteiger partial charge in [0, 0.05) is 10.6 Å². The van der Waals surface area contributed by atoms with E-state index >= 15 is 0 Å². The van der Waals surface area contributed by atoms with Crippen LogP contribution in [0, 0.1) is 0 Å². The van der Waals surface area contributed by atoms with Gasteiger partial charge in [0.25, 0.3) is 0 Å². The van der Waals surface area contributed by atoms with Gasteiger partial charge in [0.15, 0.2) is 0 Å². The maximum atomic E-state index is 9.08. The lowest BCUT2D eigenvalue weighted by Gasteiger charge is -2.01. The Bertz CT molecular complexity index is 296. The molecule has 0 fully saturated rings. The average Bonchev–Trinajstić information content (AvgIpc) is 1.94. The van der Waals surface area contributed by atoms with Gasteiger partial charge in [0.2, 0.25) is 0 Å². The first-order valence-corrected chi connectivity index (χ1v) is 3.52. The molecule has 0 spiro atoms. The summed E-state index contributed by atoms with van der Waals surface area (Å²) in [5.74, 6) is 0.151. The molecule has 58 valence electrons. The lowest BCUT2D eigenvalue weighted by Crippen LogP contribution is -1.92. The van der Waals surface area contributed by atoms with Crippen molar-refractivity contribution in [3.8, 4) is 5.75 Å². The van der Waals surface area contributed by atoms with E-state index in [1.807, 2.05) is 0 Å². The number of phenols is 1. The number of aromatic hydroxyl groups is 1. The molecule has 11 heavy (non-hydrogen) atoms. The van der Waals surface area contributed by atoms with Crippen LogP contribution in [-0.2, 0) is 0 Å². The van der Waals surface area contributed by atoms with E-state index in [2.05, 4.69) is 19.2 Å². The van der Waals surface area contributed by atoms with Crippen LogP contribution in [0.25, 0.3) is 5.70 Å². The molecule has 1 aromatic carbocycles. The Balaban J connectivity index is 3.15. The van der Waals surface area contributed by atoms with Crippen LogP contribution >= 0.6 is 12.6 Å². The number of benzene rings is 1. The predicted molar refractivity (Wildman–Crippen MR) is 48.6 cm³/mol. The summed E-state index contributed by atoms with van der Waals surface area (Å²) in [7, 11) is 0. The first-order valence-electron chi connectivity index (χ1n) is 3.08. The zero-order valence-corrected chi connectivity index (χ0v) is 6.81. The van der Waals surface area contributed by atoms with Gasteiger partial charge in [-0.3, -0.25) is 0 Å². The molecular formula is C8H9NOS. The summed E-state index contributed by atoms with van der Waals surface area (Å²) in [6, 6.07) is 4.90. The largest absolute Gasteiger partial charge is 0.507 e. The molecule has 0 bridgehead atoms. The first-order chi connectivity index (χ1) is 5.11. The molecule has 0 aliphatic heterocycles. The normalized spacial score (nSPS) is 9.55. The molecule has 3 heteroatoms. The van der Waals surface area contributed by atoms with E-state index in [1.165, 1.54) is 6.07 Å². The predicted octanol–water partition coefficient (Wildman–Crippen LogP) is 1.61. The zero-order chi connectivity index (χ0) is 8.43. The van der Waals surface area contributed by atoms with E-state index in [4.69, 9.17) is 10.8 Å². The van der Waals surface area contributed by atoms with Crippen molar-refractivity contribution in [2.24, 2.45) is 5.73 Å². The molecule has 3 N–H and O–H groups in total. The van der Waals surface area contributed by atoms with Crippen molar-refractivity contribution in [3.63, 3.8) is 0 Å². The van der Waals surface area contributed by atoms with Crippen LogP contribution in [0.1, 0.15) is 5.56 Å². The molecule has 2 nitrogen and oxygen atoms in total. The highest BCUT2D eigenvalue weighted by atomic mass is 32.1. The monoisotopic (exact) mass is 167 g/mol. The highest BCUT2D eigenvalue weighted by Crippen LogP contribution is 2.23. The van der Waals surface area contributed by atoms with Crippen LogP contribution in [-0.4, -0.2) is 5.11 Å². The molecule has 0 aliphatic rings. The molecule has 0 amide bonds. The molecule has 0 saturated heterocycles. The van der Waals surface area contributed by atoms with Gasteiger partial charge in [-0.2, -0.15) is 0 Å². The highest BCUT2D eigenvalue weighted by molar-refractivity contribution is 7.80. The first kappa shape index (κ1) is 8.01. The van der Waals surface area contributed by atoms with Gasteiger partial charge in [-0.25, -0.2) is 0 Å². The van der Waals surface area contributed by atoms with E-state index in [0.29, 0.717) is 10.6 Å². The van der Waals surface area contributed by atoms with Crippen molar-refractivity contribution in [3.05, 3.63) is 30.3 Å².